The van der Waals surface area contributed by atoms with Crippen LogP contribution in [0.2, 0.25) is 0 Å². The largest absolute Gasteiger partial charge is 0.349 e. The fraction of sp³-hybridized carbons (Fsp3) is 0.474. The van der Waals surface area contributed by atoms with Crippen molar-refractivity contribution in [2.45, 2.75) is 52.9 Å². The Morgan fingerprint density at radius 2 is 2.00 bits per heavy atom. The molecule has 22 heavy (non-hydrogen) atoms. The van der Waals surface area contributed by atoms with Gasteiger partial charge in [-0.15, -0.1) is 0 Å². The van der Waals surface area contributed by atoms with Crippen LogP contribution < -0.4 is 5.32 Å². The predicted molar refractivity (Wildman–Crippen MR) is 99.7 cm³/mol. The Kier molecular flexibility index (Phi) is 8.68. The summed E-state index contributed by atoms with van der Waals surface area (Å²) in [5, 5.41) is 3.23. The van der Waals surface area contributed by atoms with Gasteiger partial charge in [0.2, 0.25) is 0 Å². The van der Waals surface area contributed by atoms with Gasteiger partial charge in [-0.05, 0) is 43.7 Å². The van der Waals surface area contributed by atoms with E-state index >= 15 is 0 Å². The van der Waals surface area contributed by atoms with Crippen LogP contribution in [0.25, 0.3) is 0 Å². The van der Waals surface area contributed by atoms with Crippen LogP contribution in [0, 0.1) is 5.92 Å². The molecule has 0 radical (unpaired) electrons. The minimum absolute atomic E-state index is 0.143. The highest BCUT2D eigenvalue weighted by Gasteiger charge is 2.09. The highest BCUT2D eigenvalue weighted by Crippen LogP contribution is 2.18. The summed E-state index contributed by atoms with van der Waals surface area (Å²) < 4.78 is 0. The van der Waals surface area contributed by atoms with Gasteiger partial charge in [-0.1, -0.05) is 57.3 Å². The number of hydrogen-bond donors (Lipinski definition) is 1. The quantitative estimate of drug-likeness (QED) is 0.270. The van der Waals surface area contributed by atoms with Crippen LogP contribution in [0.5, 0.6) is 0 Å². The Bertz CT molecular complexity index is 520. The van der Waals surface area contributed by atoms with Gasteiger partial charge in [-0.3, -0.25) is 4.79 Å². The number of unbranched alkanes of at least 4 members (excludes halogenated alkanes) is 2. The van der Waals surface area contributed by atoms with Crippen molar-refractivity contribution in [3.8, 4) is 0 Å². The average molecular weight is 317 g/mol. The molecule has 0 saturated carbocycles. The van der Waals surface area contributed by atoms with Gasteiger partial charge in [0.15, 0.2) is 5.78 Å². The second-order valence-electron chi connectivity index (χ2n) is 5.79. The Balaban J connectivity index is 2.41. The number of rotatable bonds is 9. The molecule has 0 saturated heterocycles. The maximum atomic E-state index is 11.9. The van der Waals surface area contributed by atoms with E-state index in [1.807, 2.05) is 31.2 Å². The van der Waals surface area contributed by atoms with Crippen molar-refractivity contribution in [3.63, 3.8) is 0 Å². The van der Waals surface area contributed by atoms with Gasteiger partial charge in [0, 0.05) is 17.7 Å². The fourth-order valence-electron chi connectivity index (χ4n) is 2.15. The standard InChI is InChI=1S/C19H27NOS/c1-4-18(21)16-12-9-10-13-17(16)20-19(22)14-8-6-5-7-11-15(2)3/h7,9-13,15H,4-6,8,14H2,1-3H3,(H,20,22)/b11-7+. The molecule has 0 bridgehead atoms. The van der Waals surface area contributed by atoms with E-state index in [1.165, 1.54) is 0 Å². The Morgan fingerprint density at radius 1 is 1.27 bits per heavy atom. The molecule has 1 aromatic rings. The lowest BCUT2D eigenvalue weighted by molar-refractivity contribution is 0.0989. The number of nitrogens with one attached hydrogen (secondary N) is 1. The van der Waals surface area contributed by atoms with Crippen molar-refractivity contribution in [2.24, 2.45) is 5.92 Å². The topological polar surface area (TPSA) is 29.1 Å². The van der Waals surface area contributed by atoms with E-state index in [0.717, 1.165) is 41.9 Å². The van der Waals surface area contributed by atoms with Crippen molar-refractivity contribution in [3.05, 3.63) is 42.0 Å². The van der Waals surface area contributed by atoms with Gasteiger partial charge in [0.1, 0.15) is 0 Å². The van der Waals surface area contributed by atoms with Gasteiger partial charge in [0.05, 0.1) is 4.99 Å². The maximum absolute atomic E-state index is 11.9. The van der Waals surface area contributed by atoms with Crippen LogP contribution in [-0.2, 0) is 0 Å². The molecule has 0 aromatic heterocycles. The summed E-state index contributed by atoms with van der Waals surface area (Å²) in [5.74, 6) is 0.764. The number of benzene rings is 1. The third kappa shape index (κ3) is 6.99. The zero-order valence-electron chi connectivity index (χ0n) is 13.9. The Morgan fingerprint density at radius 3 is 2.68 bits per heavy atom. The molecule has 1 aromatic carbocycles. The molecular weight excluding hydrogens is 290 g/mol. The van der Waals surface area contributed by atoms with Crippen LogP contribution in [0.15, 0.2) is 36.4 Å². The van der Waals surface area contributed by atoms with Crippen molar-refractivity contribution >= 4 is 28.7 Å². The van der Waals surface area contributed by atoms with Gasteiger partial charge < -0.3 is 5.32 Å². The Hall–Kier alpha value is -1.48. The predicted octanol–water partition coefficient (Wildman–Crippen LogP) is 5.79. The molecule has 0 aliphatic rings. The minimum Gasteiger partial charge on any atom is -0.349 e. The number of allylic oxidation sites excluding steroid dienone is 2. The molecule has 0 heterocycles. The SMILES string of the molecule is CCC(=O)c1ccccc1NC(=S)CCCC/C=C/C(C)C. The van der Waals surface area contributed by atoms with Gasteiger partial charge in [0.25, 0.3) is 0 Å². The third-order valence-electron chi connectivity index (χ3n) is 3.37. The Labute approximate surface area is 140 Å². The molecule has 0 spiro atoms. The number of hydrogen-bond acceptors (Lipinski definition) is 2. The highest BCUT2D eigenvalue weighted by atomic mass is 32.1. The van der Waals surface area contributed by atoms with Crippen molar-refractivity contribution in [1.29, 1.82) is 0 Å². The molecule has 0 fully saturated rings. The molecule has 0 atom stereocenters. The van der Waals surface area contributed by atoms with Gasteiger partial charge >= 0.3 is 0 Å². The van der Waals surface area contributed by atoms with Crippen molar-refractivity contribution in [2.75, 3.05) is 5.32 Å². The van der Waals surface area contributed by atoms with E-state index in [1.54, 1.807) is 0 Å². The van der Waals surface area contributed by atoms with E-state index < -0.39 is 0 Å². The number of carbonyl (C=O) groups excluding carboxylic acids is 1. The average Bonchev–Trinajstić information content (AvgIpc) is 2.50. The first-order chi connectivity index (χ1) is 10.5. The number of para-hydroxylation sites is 1. The summed E-state index contributed by atoms with van der Waals surface area (Å²) in [4.78, 5) is 12.7. The van der Waals surface area contributed by atoms with Gasteiger partial charge in [-0.25, -0.2) is 0 Å². The number of ketones is 1. The summed E-state index contributed by atoms with van der Waals surface area (Å²) in [6.45, 7) is 6.25. The molecule has 0 aliphatic carbocycles. The lowest BCUT2D eigenvalue weighted by atomic mass is 10.1. The van der Waals surface area contributed by atoms with Crippen LogP contribution >= 0.6 is 12.2 Å². The lowest BCUT2D eigenvalue weighted by Crippen LogP contribution is -2.12. The van der Waals surface area contributed by atoms with Crippen molar-refractivity contribution < 1.29 is 4.79 Å². The molecular formula is C19H27NOS. The number of thiocarbonyl (C=S) groups is 1. The normalized spacial score (nSPS) is 11.1. The summed E-state index contributed by atoms with van der Waals surface area (Å²) in [7, 11) is 0. The lowest BCUT2D eigenvalue weighted by Gasteiger charge is -2.11. The first kappa shape index (κ1) is 18.6. The first-order valence-electron chi connectivity index (χ1n) is 8.13. The number of anilines is 1. The summed E-state index contributed by atoms with van der Waals surface area (Å²) in [5.41, 5.74) is 1.56. The van der Waals surface area contributed by atoms with E-state index in [9.17, 15) is 4.79 Å². The van der Waals surface area contributed by atoms with Crippen LogP contribution in [0.4, 0.5) is 5.69 Å². The summed E-state index contributed by atoms with van der Waals surface area (Å²) in [6, 6.07) is 7.58. The first-order valence-corrected chi connectivity index (χ1v) is 8.54. The monoisotopic (exact) mass is 317 g/mol. The highest BCUT2D eigenvalue weighted by molar-refractivity contribution is 7.80. The maximum Gasteiger partial charge on any atom is 0.164 e. The second kappa shape index (κ2) is 10.3. The van der Waals surface area contributed by atoms with Crippen LogP contribution in [-0.4, -0.2) is 10.8 Å². The van der Waals surface area contributed by atoms with E-state index in [2.05, 4.69) is 31.3 Å². The van der Waals surface area contributed by atoms with Crippen molar-refractivity contribution in [1.82, 2.24) is 0 Å². The van der Waals surface area contributed by atoms with Gasteiger partial charge in [-0.2, -0.15) is 0 Å². The molecule has 0 amide bonds. The molecule has 120 valence electrons. The molecule has 0 aliphatic heterocycles. The zero-order valence-corrected chi connectivity index (χ0v) is 14.7. The molecule has 2 nitrogen and oxygen atoms in total. The van der Waals surface area contributed by atoms with E-state index in [4.69, 9.17) is 12.2 Å². The number of carbonyl (C=O) groups is 1. The summed E-state index contributed by atoms with van der Waals surface area (Å²) >= 11 is 5.40. The molecule has 1 N–H and O–H groups in total. The smallest absolute Gasteiger partial charge is 0.164 e. The fourth-order valence-corrected chi connectivity index (χ4v) is 2.41. The van der Waals surface area contributed by atoms with Crippen LogP contribution in [0.1, 0.15) is 63.2 Å². The minimum atomic E-state index is 0.143. The summed E-state index contributed by atoms with van der Waals surface area (Å²) in [6.07, 6.45) is 9.16. The third-order valence-corrected chi connectivity index (χ3v) is 3.67. The van der Waals surface area contributed by atoms with Crippen LogP contribution in [0.3, 0.4) is 0 Å². The molecule has 1 rings (SSSR count). The molecule has 3 heteroatoms. The number of Topliss-reactive ketones (excluding diaryl/α,β-unsaturated/α-hetero) is 1. The van der Waals surface area contributed by atoms with E-state index in [-0.39, 0.29) is 5.78 Å². The molecule has 0 unspecified atom stereocenters. The zero-order chi connectivity index (χ0) is 16.4. The van der Waals surface area contributed by atoms with E-state index in [0.29, 0.717) is 12.3 Å². The second-order valence-corrected chi connectivity index (χ2v) is 6.28.